The number of carbonyl (C=O) groups excluding carboxylic acids is 2. The number of thiazole rings is 1. The molecule has 0 spiro atoms. The Morgan fingerprint density at radius 1 is 1.03 bits per heavy atom. The molecule has 6 nitrogen and oxygen atoms in total. The Morgan fingerprint density at radius 3 is 2.34 bits per heavy atom. The lowest BCUT2D eigenvalue weighted by molar-refractivity contribution is -0.114. The zero-order valence-electron chi connectivity index (χ0n) is 16.6. The highest BCUT2D eigenvalue weighted by Gasteiger charge is 2.15. The number of nitrogens with zero attached hydrogens (tertiary/aromatic N) is 1. The van der Waals surface area contributed by atoms with E-state index in [1.165, 1.54) is 18.3 Å². The molecular formula is C21H22N4O2S2. The van der Waals surface area contributed by atoms with E-state index in [2.05, 4.69) is 41.7 Å². The smallest absolute Gasteiger partial charge is 0.257 e. The average molecular weight is 427 g/mol. The minimum Gasteiger partial charge on any atom is -0.326 e. The SMILES string of the molecule is CC(=O)Nc1ccc2nc(NC(=S)NC(=O)c3ccc(C(C)(C)C)cc3)sc2c1. The van der Waals surface area contributed by atoms with Crippen LogP contribution in [-0.2, 0) is 10.2 Å². The van der Waals surface area contributed by atoms with Gasteiger partial charge < -0.3 is 10.6 Å². The number of hydrogen-bond acceptors (Lipinski definition) is 5. The lowest BCUT2D eigenvalue weighted by Crippen LogP contribution is -2.34. The zero-order chi connectivity index (χ0) is 21.2. The van der Waals surface area contributed by atoms with Gasteiger partial charge in [-0.1, -0.05) is 44.2 Å². The van der Waals surface area contributed by atoms with E-state index >= 15 is 0 Å². The molecule has 1 aromatic heterocycles. The molecule has 0 unspecified atom stereocenters. The van der Waals surface area contributed by atoms with E-state index in [1.54, 1.807) is 18.2 Å². The van der Waals surface area contributed by atoms with Crippen LogP contribution in [0.25, 0.3) is 10.2 Å². The summed E-state index contributed by atoms with van der Waals surface area (Å²) in [5, 5.41) is 9.10. The summed E-state index contributed by atoms with van der Waals surface area (Å²) < 4.78 is 0.894. The molecule has 0 fully saturated rings. The number of anilines is 2. The van der Waals surface area contributed by atoms with Crippen LogP contribution in [-0.4, -0.2) is 21.9 Å². The topological polar surface area (TPSA) is 83.1 Å². The van der Waals surface area contributed by atoms with Gasteiger partial charge in [0.15, 0.2) is 10.2 Å². The molecule has 0 radical (unpaired) electrons. The van der Waals surface area contributed by atoms with Crippen LogP contribution in [0.15, 0.2) is 42.5 Å². The molecule has 0 saturated carbocycles. The summed E-state index contributed by atoms with van der Waals surface area (Å²) >= 11 is 6.63. The third-order valence-corrected chi connectivity index (χ3v) is 5.31. The van der Waals surface area contributed by atoms with Crippen LogP contribution in [0, 0.1) is 0 Å². The maximum atomic E-state index is 12.4. The maximum Gasteiger partial charge on any atom is 0.257 e. The van der Waals surface area contributed by atoms with Crippen molar-refractivity contribution < 1.29 is 9.59 Å². The summed E-state index contributed by atoms with van der Waals surface area (Å²) in [6.07, 6.45) is 0. The normalized spacial score (nSPS) is 11.2. The number of aromatic nitrogens is 1. The number of nitrogens with one attached hydrogen (secondary N) is 3. The Hall–Kier alpha value is -2.84. The Labute approximate surface area is 178 Å². The molecule has 0 aliphatic heterocycles. The Bertz CT molecular complexity index is 1080. The van der Waals surface area contributed by atoms with Crippen LogP contribution in [0.2, 0.25) is 0 Å². The lowest BCUT2D eigenvalue weighted by atomic mass is 9.87. The van der Waals surface area contributed by atoms with Crippen molar-refractivity contribution in [3.8, 4) is 0 Å². The molecule has 1 heterocycles. The molecule has 0 saturated heterocycles. The number of rotatable bonds is 3. The summed E-state index contributed by atoms with van der Waals surface area (Å²) in [6.45, 7) is 7.83. The second kappa shape index (κ2) is 8.26. The van der Waals surface area contributed by atoms with Gasteiger partial charge in [0.25, 0.3) is 5.91 Å². The van der Waals surface area contributed by atoms with Crippen molar-refractivity contribution in [2.45, 2.75) is 33.1 Å². The molecular weight excluding hydrogens is 404 g/mol. The van der Waals surface area contributed by atoms with Gasteiger partial charge in [-0.15, -0.1) is 0 Å². The number of benzene rings is 2. The third kappa shape index (κ3) is 5.36. The third-order valence-electron chi connectivity index (χ3n) is 4.17. The highest BCUT2D eigenvalue weighted by molar-refractivity contribution is 7.80. The van der Waals surface area contributed by atoms with Gasteiger partial charge >= 0.3 is 0 Å². The standard InChI is InChI=1S/C21H22N4O2S2/c1-12(26)22-15-9-10-16-17(11-15)29-20(23-16)25-19(28)24-18(27)13-5-7-14(8-6-13)21(2,3)4/h5-11H,1-4H3,(H,22,26)(H2,23,24,25,27,28). The lowest BCUT2D eigenvalue weighted by Gasteiger charge is -2.19. The summed E-state index contributed by atoms with van der Waals surface area (Å²) in [4.78, 5) is 28.1. The molecule has 150 valence electrons. The first-order chi connectivity index (χ1) is 13.6. The second-order valence-electron chi connectivity index (χ2n) is 7.62. The fourth-order valence-electron chi connectivity index (χ4n) is 2.68. The van der Waals surface area contributed by atoms with Gasteiger partial charge in [-0.05, 0) is 53.5 Å². The van der Waals surface area contributed by atoms with Crippen LogP contribution < -0.4 is 16.0 Å². The van der Waals surface area contributed by atoms with E-state index in [0.29, 0.717) is 16.4 Å². The van der Waals surface area contributed by atoms with Crippen LogP contribution >= 0.6 is 23.6 Å². The quantitative estimate of drug-likeness (QED) is 0.530. The Balaban J connectivity index is 1.65. The van der Waals surface area contributed by atoms with Crippen molar-refractivity contribution >= 4 is 61.5 Å². The maximum absolute atomic E-state index is 12.4. The number of amides is 2. The number of hydrogen-bond donors (Lipinski definition) is 3. The summed E-state index contributed by atoms with van der Waals surface area (Å²) in [7, 11) is 0. The first-order valence-corrected chi connectivity index (χ1v) is 10.3. The molecule has 2 aromatic carbocycles. The van der Waals surface area contributed by atoms with Crippen molar-refractivity contribution in [2.75, 3.05) is 10.6 Å². The molecule has 29 heavy (non-hydrogen) atoms. The number of carbonyl (C=O) groups is 2. The Morgan fingerprint density at radius 2 is 1.72 bits per heavy atom. The summed E-state index contributed by atoms with van der Waals surface area (Å²) in [5.41, 5.74) is 3.20. The van der Waals surface area contributed by atoms with Gasteiger partial charge in [0.05, 0.1) is 10.2 Å². The van der Waals surface area contributed by atoms with Crippen LogP contribution in [0.5, 0.6) is 0 Å². The van der Waals surface area contributed by atoms with Gasteiger partial charge in [0.1, 0.15) is 0 Å². The van der Waals surface area contributed by atoms with Gasteiger partial charge in [-0.3, -0.25) is 14.9 Å². The predicted octanol–water partition coefficient (Wildman–Crippen LogP) is 4.68. The number of fused-ring (bicyclic) bond motifs is 1. The molecule has 3 rings (SSSR count). The van der Waals surface area contributed by atoms with Crippen LogP contribution in [0.3, 0.4) is 0 Å². The molecule has 0 bridgehead atoms. The van der Waals surface area contributed by atoms with Crippen molar-refractivity contribution in [1.82, 2.24) is 10.3 Å². The molecule has 8 heteroatoms. The predicted molar refractivity (Wildman–Crippen MR) is 123 cm³/mol. The first-order valence-electron chi connectivity index (χ1n) is 9.03. The van der Waals surface area contributed by atoms with Gasteiger partial charge in [-0.25, -0.2) is 4.98 Å². The van der Waals surface area contributed by atoms with E-state index in [9.17, 15) is 9.59 Å². The minimum absolute atomic E-state index is 0.0263. The van der Waals surface area contributed by atoms with Crippen LogP contribution in [0.1, 0.15) is 43.6 Å². The molecule has 3 N–H and O–H groups in total. The molecule has 3 aromatic rings. The van der Waals surface area contributed by atoms with Crippen molar-refractivity contribution in [3.05, 3.63) is 53.6 Å². The fraction of sp³-hybridized carbons (Fsp3) is 0.238. The van der Waals surface area contributed by atoms with E-state index in [0.717, 1.165) is 15.8 Å². The van der Waals surface area contributed by atoms with E-state index in [1.807, 2.05) is 24.3 Å². The van der Waals surface area contributed by atoms with Crippen molar-refractivity contribution in [3.63, 3.8) is 0 Å². The largest absolute Gasteiger partial charge is 0.326 e. The van der Waals surface area contributed by atoms with Crippen molar-refractivity contribution in [1.29, 1.82) is 0 Å². The highest BCUT2D eigenvalue weighted by atomic mass is 32.1. The highest BCUT2D eigenvalue weighted by Crippen LogP contribution is 2.28. The zero-order valence-corrected chi connectivity index (χ0v) is 18.3. The van der Waals surface area contributed by atoms with E-state index in [-0.39, 0.29) is 22.3 Å². The molecule has 0 aliphatic rings. The number of thiocarbonyl (C=S) groups is 1. The summed E-state index contributed by atoms with van der Waals surface area (Å²) in [6, 6.07) is 12.9. The average Bonchev–Trinajstić information content (AvgIpc) is 3.01. The molecule has 0 atom stereocenters. The van der Waals surface area contributed by atoms with Gasteiger partial charge in [-0.2, -0.15) is 0 Å². The van der Waals surface area contributed by atoms with Crippen molar-refractivity contribution in [2.24, 2.45) is 0 Å². The fourth-order valence-corrected chi connectivity index (χ4v) is 3.85. The van der Waals surface area contributed by atoms with E-state index in [4.69, 9.17) is 12.2 Å². The van der Waals surface area contributed by atoms with Crippen LogP contribution in [0.4, 0.5) is 10.8 Å². The Kier molecular flexibility index (Phi) is 5.95. The van der Waals surface area contributed by atoms with Gasteiger partial charge in [0.2, 0.25) is 5.91 Å². The monoisotopic (exact) mass is 426 g/mol. The first kappa shape index (κ1) is 20.9. The summed E-state index contributed by atoms with van der Waals surface area (Å²) in [5.74, 6) is -0.413. The molecule has 0 aliphatic carbocycles. The molecule has 2 amide bonds. The van der Waals surface area contributed by atoms with Gasteiger partial charge in [0, 0.05) is 18.2 Å². The van der Waals surface area contributed by atoms with E-state index < -0.39 is 0 Å². The minimum atomic E-state index is -0.281. The second-order valence-corrected chi connectivity index (χ2v) is 9.06.